The van der Waals surface area contributed by atoms with Crippen molar-refractivity contribution < 1.29 is 40.8 Å². The monoisotopic (exact) mass is 590 g/mol. The van der Waals surface area contributed by atoms with Crippen LogP contribution in [0.1, 0.15) is 40.7 Å². The second-order valence-corrected chi connectivity index (χ2v) is 9.70. The molecule has 3 aromatic rings. The molecule has 206 valence electrons. The summed E-state index contributed by atoms with van der Waals surface area (Å²) in [4.78, 5) is 29.6. The van der Waals surface area contributed by atoms with Gasteiger partial charge in [0.2, 0.25) is 0 Å². The van der Waals surface area contributed by atoms with Crippen molar-refractivity contribution in [2.75, 3.05) is 6.54 Å². The van der Waals surface area contributed by atoms with Crippen molar-refractivity contribution in [3.8, 4) is 0 Å². The van der Waals surface area contributed by atoms with Gasteiger partial charge in [0.25, 0.3) is 11.5 Å². The first-order valence-corrected chi connectivity index (χ1v) is 12.1. The largest absolute Gasteiger partial charge is 0.435 e. The second kappa shape index (κ2) is 10.7. The molecule has 0 saturated heterocycles. The summed E-state index contributed by atoms with van der Waals surface area (Å²) in [6.07, 6.45) is -12.2. The Morgan fingerprint density at radius 1 is 0.949 bits per heavy atom. The molecule has 1 unspecified atom stereocenters. The van der Waals surface area contributed by atoms with Crippen molar-refractivity contribution in [3.63, 3.8) is 0 Å². The summed E-state index contributed by atoms with van der Waals surface area (Å²) in [6.45, 7) is -0.609. The van der Waals surface area contributed by atoms with E-state index in [1.165, 1.54) is 18.2 Å². The Morgan fingerprint density at radius 3 is 2.21 bits per heavy atom. The van der Waals surface area contributed by atoms with Crippen LogP contribution in [-0.2, 0) is 15.2 Å². The van der Waals surface area contributed by atoms with E-state index in [0.29, 0.717) is 10.8 Å². The Labute approximate surface area is 227 Å². The second-order valence-electron chi connectivity index (χ2n) is 8.83. The summed E-state index contributed by atoms with van der Waals surface area (Å²) in [5.41, 5.74) is -2.90. The molecule has 3 aromatic carbocycles. The van der Waals surface area contributed by atoms with Crippen LogP contribution in [0.5, 0.6) is 0 Å². The number of amides is 1. The zero-order chi connectivity index (χ0) is 28.6. The molecular weight excluding hydrogens is 573 g/mol. The highest BCUT2D eigenvalue weighted by Crippen LogP contribution is 2.50. The lowest BCUT2D eigenvalue weighted by Gasteiger charge is -2.29. The molecule has 0 aromatic heterocycles. The highest BCUT2D eigenvalue weighted by Gasteiger charge is 2.62. The Bertz CT molecular complexity index is 1450. The smallest absolute Gasteiger partial charge is 0.374 e. The van der Waals surface area contributed by atoms with Crippen molar-refractivity contribution in [1.29, 1.82) is 0 Å². The molecule has 1 heterocycles. The summed E-state index contributed by atoms with van der Waals surface area (Å²) in [6, 6.07) is 12.5. The van der Waals surface area contributed by atoms with Gasteiger partial charge in [0, 0.05) is 39.6 Å². The highest BCUT2D eigenvalue weighted by atomic mass is 35.5. The minimum absolute atomic E-state index is 0.0177. The number of ketones is 1. The van der Waals surface area contributed by atoms with Gasteiger partial charge < -0.3 is 10.2 Å². The third kappa shape index (κ3) is 6.14. The molecule has 1 aliphatic rings. The quantitative estimate of drug-likeness (QED) is 0.292. The molecule has 1 amide bonds. The maximum atomic E-state index is 14.4. The number of hydrogen-bond donors (Lipinski definition) is 1. The highest BCUT2D eigenvalue weighted by molar-refractivity contribution is 6.34. The molecule has 0 spiro atoms. The molecular formula is C26H18Cl2F6N2O3. The van der Waals surface area contributed by atoms with E-state index in [1.54, 1.807) is 24.3 Å². The number of halogens is 8. The first-order valence-electron chi connectivity index (χ1n) is 11.4. The Hall–Kier alpha value is -3.31. The first-order chi connectivity index (χ1) is 18.2. The van der Waals surface area contributed by atoms with Gasteiger partial charge in [-0.25, -0.2) is 0 Å². The number of alkyl halides is 6. The third-order valence-corrected chi connectivity index (χ3v) is 6.56. The van der Waals surface area contributed by atoms with Crippen LogP contribution in [0.25, 0.3) is 10.8 Å². The van der Waals surface area contributed by atoms with Gasteiger partial charge in [-0.2, -0.15) is 26.3 Å². The fraction of sp³-hybridized carbons (Fsp3) is 0.269. The summed E-state index contributed by atoms with van der Waals surface area (Å²) in [5, 5.41) is 6.72. The predicted molar refractivity (Wildman–Crippen MR) is 133 cm³/mol. The number of rotatable bonds is 7. The van der Waals surface area contributed by atoms with Crippen LogP contribution >= 0.6 is 23.2 Å². The molecule has 0 bridgehead atoms. The maximum Gasteiger partial charge on any atom is 0.435 e. The lowest BCUT2D eigenvalue weighted by Crippen LogP contribution is -2.42. The number of fused-ring (bicyclic) bond motifs is 1. The lowest BCUT2D eigenvalue weighted by atomic mass is 9.85. The van der Waals surface area contributed by atoms with Gasteiger partial charge in [0.1, 0.15) is 0 Å². The normalized spacial score (nSPS) is 17.6. The molecule has 5 nitrogen and oxygen atoms in total. The van der Waals surface area contributed by atoms with E-state index in [1.807, 2.05) is 0 Å². The maximum absolute atomic E-state index is 14.4. The van der Waals surface area contributed by atoms with E-state index in [-0.39, 0.29) is 32.4 Å². The zero-order valence-corrected chi connectivity index (χ0v) is 21.2. The van der Waals surface area contributed by atoms with Crippen LogP contribution < -0.4 is 5.32 Å². The molecule has 1 atom stereocenters. The zero-order valence-electron chi connectivity index (χ0n) is 19.7. The molecule has 1 aliphatic heterocycles. The fourth-order valence-electron chi connectivity index (χ4n) is 4.23. The number of oxime groups is 1. The SMILES string of the molecule is O=C(CCC(F)(F)F)CNC(=O)c1ccc(C2=NOC(c3cc(Cl)cc(Cl)c3)(C(F)(F)F)C2)c2ccccc12. The van der Waals surface area contributed by atoms with Crippen molar-refractivity contribution in [2.45, 2.75) is 37.2 Å². The molecule has 0 fully saturated rings. The minimum Gasteiger partial charge on any atom is -0.374 e. The van der Waals surface area contributed by atoms with Crippen molar-refractivity contribution in [1.82, 2.24) is 5.32 Å². The van der Waals surface area contributed by atoms with Crippen molar-refractivity contribution in [2.24, 2.45) is 5.16 Å². The van der Waals surface area contributed by atoms with Crippen LogP contribution in [0.3, 0.4) is 0 Å². The van der Waals surface area contributed by atoms with Gasteiger partial charge in [-0.05, 0) is 35.0 Å². The number of benzene rings is 3. The van der Waals surface area contributed by atoms with Crippen LogP contribution in [-0.4, -0.2) is 36.3 Å². The van der Waals surface area contributed by atoms with Gasteiger partial charge in [0.05, 0.1) is 18.7 Å². The van der Waals surface area contributed by atoms with E-state index < -0.39 is 55.5 Å². The predicted octanol–water partition coefficient (Wildman–Crippen LogP) is 7.37. The van der Waals surface area contributed by atoms with Crippen LogP contribution in [0.2, 0.25) is 10.0 Å². The molecule has 4 rings (SSSR count). The van der Waals surface area contributed by atoms with Gasteiger partial charge in [-0.15, -0.1) is 0 Å². The number of carbonyl (C=O) groups is 2. The van der Waals surface area contributed by atoms with Crippen LogP contribution in [0.15, 0.2) is 59.8 Å². The Kier molecular flexibility index (Phi) is 7.86. The van der Waals surface area contributed by atoms with E-state index in [9.17, 15) is 35.9 Å². The molecule has 0 saturated carbocycles. The molecule has 1 N–H and O–H groups in total. The average molecular weight is 591 g/mol. The van der Waals surface area contributed by atoms with Crippen molar-refractivity contribution >= 4 is 51.4 Å². The molecule has 0 radical (unpaired) electrons. The topological polar surface area (TPSA) is 67.8 Å². The Balaban J connectivity index is 1.62. The van der Waals surface area contributed by atoms with E-state index in [0.717, 1.165) is 12.1 Å². The van der Waals surface area contributed by atoms with Gasteiger partial charge in [-0.3, -0.25) is 9.59 Å². The van der Waals surface area contributed by atoms with Crippen LogP contribution in [0.4, 0.5) is 26.3 Å². The lowest BCUT2D eigenvalue weighted by molar-refractivity contribution is -0.275. The summed E-state index contributed by atoms with van der Waals surface area (Å²) >= 11 is 11.9. The fourth-order valence-corrected chi connectivity index (χ4v) is 4.75. The molecule has 13 heteroatoms. The van der Waals surface area contributed by atoms with E-state index in [4.69, 9.17) is 28.0 Å². The number of carbonyl (C=O) groups excluding carboxylic acids is 2. The van der Waals surface area contributed by atoms with E-state index in [2.05, 4.69) is 10.5 Å². The van der Waals surface area contributed by atoms with E-state index >= 15 is 0 Å². The van der Waals surface area contributed by atoms with Gasteiger partial charge in [-0.1, -0.05) is 58.7 Å². The number of nitrogens with zero attached hydrogens (tertiary/aromatic N) is 1. The minimum atomic E-state index is -4.90. The number of Topliss-reactive ketones (excluding diaryl/α,β-unsaturated/α-hetero) is 1. The standard InChI is InChI=1S/C26H18Cl2F6N2O3/c27-15-9-14(10-16(28)11-15)24(26(32,33)34)12-22(36-39-24)20-5-6-21(19-4-2-1-3-18(19)20)23(38)35-13-17(37)7-8-25(29,30)31/h1-6,9-11H,7-8,12-13H2,(H,35,38). The molecule has 39 heavy (non-hydrogen) atoms. The third-order valence-electron chi connectivity index (χ3n) is 6.13. The first kappa shape index (κ1) is 28.7. The van der Waals surface area contributed by atoms with Gasteiger partial charge in [0.15, 0.2) is 5.78 Å². The molecule has 0 aliphatic carbocycles. The van der Waals surface area contributed by atoms with Crippen molar-refractivity contribution in [3.05, 3.63) is 81.3 Å². The van der Waals surface area contributed by atoms with Gasteiger partial charge >= 0.3 is 12.4 Å². The average Bonchev–Trinajstić information content (AvgIpc) is 3.31. The summed E-state index contributed by atoms with van der Waals surface area (Å²) in [7, 11) is 0. The number of hydrogen-bond acceptors (Lipinski definition) is 4. The Morgan fingerprint density at radius 2 is 1.59 bits per heavy atom. The number of nitrogens with one attached hydrogen (secondary N) is 1. The summed E-state index contributed by atoms with van der Waals surface area (Å²) in [5.74, 6) is -1.54. The van der Waals surface area contributed by atoms with Crippen LogP contribution in [0, 0.1) is 0 Å². The summed E-state index contributed by atoms with van der Waals surface area (Å²) < 4.78 is 80.1.